The molecule has 3 atom stereocenters. The molecule has 4 heteroatoms. The molecule has 0 radical (unpaired) electrons. The van der Waals surface area contributed by atoms with Gasteiger partial charge in [0.1, 0.15) is 0 Å². The first-order valence-electron chi connectivity index (χ1n) is 11.5. The Morgan fingerprint density at radius 2 is 1.77 bits per heavy atom. The summed E-state index contributed by atoms with van der Waals surface area (Å²) in [5, 5.41) is 0. The van der Waals surface area contributed by atoms with E-state index in [0.717, 1.165) is 25.9 Å². The second-order valence-corrected chi connectivity index (χ2v) is 11.4. The van der Waals surface area contributed by atoms with Crippen LogP contribution in [0, 0.1) is 15.4 Å². The molecule has 2 aromatic rings. The molecule has 0 aliphatic carbocycles. The van der Waals surface area contributed by atoms with Crippen molar-refractivity contribution in [2.24, 2.45) is 11.8 Å². The summed E-state index contributed by atoms with van der Waals surface area (Å²) in [4.78, 5) is 7.45. The molecule has 0 aromatic heterocycles. The van der Waals surface area contributed by atoms with Gasteiger partial charge in [0.05, 0.1) is 0 Å². The molecule has 2 heterocycles. The van der Waals surface area contributed by atoms with Gasteiger partial charge >= 0.3 is 199 Å². The van der Waals surface area contributed by atoms with Gasteiger partial charge in [-0.2, -0.15) is 0 Å². The summed E-state index contributed by atoms with van der Waals surface area (Å²) >= 11 is 0.0186. The Balaban J connectivity index is 1.61. The van der Waals surface area contributed by atoms with Gasteiger partial charge in [-0.15, -0.1) is 0 Å². The molecular weight excluding hydrogens is 493 g/mol. The molecule has 0 saturated heterocycles. The molecule has 166 valence electrons. The van der Waals surface area contributed by atoms with Gasteiger partial charge in [0, 0.05) is 0 Å². The Kier molecular flexibility index (Phi) is 7.26. The Bertz CT molecular complexity index is 924. The molecule has 0 saturated carbocycles. The summed E-state index contributed by atoms with van der Waals surface area (Å²) in [6.07, 6.45) is 9.23. The summed E-state index contributed by atoms with van der Waals surface area (Å²) in [5.41, 5.74) is 4.17. The van der Waals surface area contributed by atoms with Crippen LogP contribution in [0.5, 0.6) is 0 Å². The Morgan fingerprint density at radius 3 is 2.52 bits per heavy atom. The average Bonchev–Trinajstić information content (AvgIpc) is 3.21. The van der Waals surface area contributed by atoms with Crippen molar-refractivity contribution in [2.45, 2.75) is 39.8 Å². The van der Waals surface area contributed by atoms with Crippen LogP contribution in [0.2, 0.25) is 0 Å². The third kappa shape index (κ3) is 4.64. The van der Waals surface area contributed by atoms with Crippen LogP contribution in [0.25, 0.3) is 0 Å². The maximum atomic E-state index is 4.17. The molecule has 0 N–H and O–H groups in total. The second kappa shape index (κ2) is 10.1. The van der Waals surface area contributed by atoms with E-state index < -0.39 is 0 Å². The van der Waals surface area contributed by atoms with Gasteiger partial charge < -0.3 is 0 Å². The minimum absolute atomic E-state index is 0.0186. The van der Waals surface area contributed by atoms with E-state index in [1.807, 2.05) is 6.20 Å². The van der Waals surface area contributed by atoms with Crippen LogP contribution in [-0.4, -0.2) is 28.6 Å². The van der Waals surface area contributed by atoms with Crippen LogP contribution < -0.4 is 31.0 Å². The number of alkyl halides is 1. The molecule has 31 heavy (non-hydrogen) atoms. The predicted octanol–water partition coefficient (Wildman–Crippen LogP) is 2.75. The number of aryl methyl sites for hydroxylation is 1. The summed E-state index contributed by atoms with van der Waals surface area (Å²) < 4.78 is 2.91. The molecule has 4 rings (SSSR count). The third-order valence-electron chi connectivity index (χ3n) is 6.73. The quantitative estimate of drug-likeness (QED) is 0.422. The van der Waals surface area contributed by atoms with E-state index >= 15 is 0 Å². The number of hydrogen-bond acceptors (Lipinski definition) is 3. The van der Waals surface area contributed by atoms with Gasteiger partial charge in [-0.05, 0) is 0 Å². The maximum absolute atomic E-state index is 4.17. The molecule has 2 aliphatic rings. The van der Waals surface area contributed by atoms with Crippen LogP contribution in [0.1, 0.15) is 32.8 Å². The van der Waals surface area contributed by atoms with E-state index in [0.29, 0.717) is 18.0 Å². The molecule has 0 amide bonds. The number of rotatable bonds is 6. The first-order chi connectivity index (χ1) is 15.2. The molecule has 0 bridgehead atoms. The van der Waals surface area contributed by atoms with Crippen molar-refractivity contribution in [3.63, 3.8) is 0 Å². The summed E-state index contributed by atoms with van der Waals surface area (Å²) in [7, 11) is 0. The van der Waals surface area contributed by atoms with Crippen LogP contribution in [0.4, 0.5) is 11.4 Å². The SMILES string of the molecule is C=CN1CC(CC2N(CC)C=CN2c2ccccc2CC)[C@H](C)C[I-]c2ccccc21. The monoisotopic (exact) mass is 528 g/mol. The van der Waals surface area contributed by atoms with Crippen molar-refractivity contribution < 1.29 is 21.2 Å². The van der Waals surface area contributed by atoms with Crippen molar-refractivity contribution in [1.29, 1.82) is 0 Å². The summed E-state index contributed by atoms with van der Waals surface area (Å²) in [6.45, 7) is 13.2. The number of para-hydroxylation sites is 2. The normalized spacial score (nSPS) is 23.7. The number of hydrogen-bond donors (Lipinski definition) is 0. The van der Waals surface area contributed by atoms with Crippen LogP contribution in [0.3, 0.4) is 0 Å². The fraction of sp³-hybridized carbons (Fsp3) is 0.407. The van der Waals surface area contributed by atoms with Crippen molar-refractivity contribution in [3.8, 4) is 0 Å². The van der Waals surface area contributed by atoms with Crippen LogP contribution in [-0.2, 0) is 6.42 Å². The van der Waals surface area contributed by atoms with Gasteiger partial charge in [0.2, 0.25) is 0 Å². The van der Waals surface area contributed by atoms with Crippen LogP contribution in [0.15, 0.2) is 73.7 Å². The number of benzene rings is 2. The number of halogens is 1. The van der Waals surface area contributed by atoms with Crippen molar-refractivity contribution >= 4 is 11.4 Å². The summed E-state index contributed by atoms with van der Waals surface area (Å²) in [6, 6.07) is 17.9. The van der Waals surface area contributed by atoms with Gasteiger partial charge in [-0.3, -0.25) is 0 Å². The fourth-order valence-corrected chi connectivity index (χ4v) is 8.02. The number of fused-ring (bicyclic) bond motifs is 1. The van der Waals surface area contributed by atoms with Gasteiger partial charge in [0.15, 0.2) is 0 Å². The number of anilines is 2. The Hall–Kier alpha value is -1.95. The zero-order valence-corrected chi connectivity index (χ0v) is 21.2. The molecule has 2 unspecified atom stereocenters. The van der Waals surface area contributed by atoms with E-state index in [1.54, 1.807) is 3.57 Å². The van der Waals surface area contributed by atoms with E-state index in [4.69, 9.17) is 0 Å². The second-order valence-electron chi connectivity index (χ2n) is 8.55. The van der Waals surface area contributed by atoms with Crippen molar-refractivity contribution in [1.82, 2.24) is 4.90 Å². The predicted molar refractivity (Wildman–Crippen MR) is 128 cm³/mol. The third-order valence-corrected chi connectivity index (χ3v) is 10.3. The Labute approximate surface area is 198 Å². The van der Waals surface area contributed by atoms with E-state index in [9.17, 15) is 0 Å². The zero-order chi connectivity index (χ0) is 21.8. The molecular formula is C27H35IN3-. The molecule has 0 fully saturated rings. The van der Waals surface area contributed by atoms with Crippen molar-refractivity contribution in [2.75, 3.05) is 27.3 Å². The fourth-order valence-electron chi connectivity index (χ4n) is 4.79. The zero-order valence-electron chi connectivity index (χ0n) is 19.0. The van der Waals surface area contributed by atoms with Crippen LogP contribution >= 0.6 is 0 Å². The van der Waals surface area contributed by atoms with E-state index in [1.165, 1.54) is 21.4 Å². The summed E-state index contributed by atoms with van der Waals surface area (Å²) in [5.74, 6) is 1.34. The standard InChI is InChI=1S/C27H35IN3/c1-5-22-12-8-10-14-25(22)31-17-16-29(6-2)27(31)18-23-20-30(7-3)26-15-11-9-13-24(26)28-19-21(23)4/h7-17,21,23,27H,3,5-6,18-20H2,1-2,4H3/q-1/t21-,23?,27?/m1/s1. The van der Waals surface area contributed by atoms with Gasteiger partial charge in [-0.25, -0.2) is 0 Å². The van der Waals surface area contributed by atoms with Crippen molar-refractivity contribution in [3.05, 3.63) is 82.8 Å². The van der Waals surface area contributed by atoms with E-state index in [-0.39, 0.29) is 21.2 Å². The van der Waals surface area contributed by atoms with Gasteiger partial charge in [0.25, 0.3) is 0 Å². The minimum atomic E-state index is 0.0186. The molecule has 2 aromatic carbocycles. The number of nitrogens with zero attached hydrogens (tertiary/aromatic N) is 3. The Morgan fingerprint density at radius 1 is 1.03 bits per heavy atom. The van der Waals surface area contributed by atoms with Gasteiger partial charge in [-0.1, -0.05) is 0 Å². The molecule has 3 nitrogen and oxygen atoms in total. The topological polar surface area (TPSA) is 9.72 Å². The molecule has 0 spiro atoms. The average molecular weight is 529 g/mol. The van der Waals surface area contributed by atoms with E-state index in [2.05, 4.69) is 103 Å². The first-order valence-corrected chi connectivity index (χ1v) is 14.1. The molecule has 2 aliphatic heterocycles. The first kappa shape index (κ1) is 22.3.